The van der Waals surface area contributed by atoms with Gasteiger partial charge < -0.3 is 0 Å². The van der Waals surface area contributed by atoms with Crippen LogP contribution in [-0.4, -0.2) is 5.78 Å². The van der Waals surface area contributed by atoms with Crippen LogP contribution in [0, 0.1) is 11.3 Å². The average Bonchev–Trinajstić information content (AvgIpc) is 2.13. The van der Waals surface area contributed by atoms with Gasteiger partial charge in [0.1, 0.15) is 5.78 Å². The van der Waals surface area contributed by atoms with Crippen molar-refractivity contribution in [1.82, 2.24) is 0 Å². The van der Waals surface area contributed by atoms with Gasteiger partial charge in [-0.25, -0.2) is 0 Å². The first-order valence-electron chi connectivity index (χ1n) is 4.06. The fourth-order valence-electron chi connectivity index (χ4n) is 1.54. The van der Waals surface area contributed by atoms with Gasteiger partial charge in [0.2, 0.25) is 0 Å². The van der Waals surface area contributed by atoms with E-state index in [1.807, 2.05) is 0 Å². The maximum absolute atomic E-state index is 11.0. The van der Waals surface area contributed by atoms with E-state index in [1.165, 1.54) is 0 Å². The Bertz CT molecular complexity index is 149. The third-order valence-electron chi connectivity index (χ3n) is 2.97. The van der Waals surface area contributed by atoms with E-state index in [4.69, 9.17) is 0 Å². The van der Waals surface area contributed by atoms with Crippen LogP contribution < -0.4 is 0 Å². The van der Waals surface area contributed by atoms with E-state index in [1.54, 1.807) is 0 Å². The zero-order valence-electron chi connectivity index (χ0n) is 7.11. The number of ketones is 1. The second-order valence-electron chi connectivity index (χ2n) is 4.02. The summed E-state index contributed by atoms with van der Waals surface area (Å²) in [4.78, 5) is 11.0. The summed E-state index contributed by atoms with van der Waals surface area (Å²) < 4.78 is 0. The number of Topliss-reactive ketones (excluding diaryl/α,β-unsaturated/α-hetero) is 1. The first-order valence-corrected chi connectivity index (χ1v) is 4.06. The van der Waals surface area contributed by atoms with E-state index in [0.717, 1.165) is 19.3 Å². The maximum atomic E-state index is 11.0. The van der Waals surface area contributed by atoms with Crippen LogP contribution in [0.1, 0.15) is 40.0 Å². The van der Waals surface area contributed by atoms with Crippen molar-refractivity contribution in [3.05, 3.63) is 0 Å². The summed E-state index contributed by atoms with van der Waals surface area (Å²) in [5.41, 5.74) is 0.317. The smallest absolute Gasteiger partial charge is 0.133 e. The minimum absolute atomic E-state index is 0.317. The first-order chi connectivity index (χ1) is 4.54. The Hall–Kier alpha value is -0.330. The number of rotatable bonds is 1. The molecular weight excluding hydrogens is 124 g/mol. The molecule has 0 aliphatic heterocycles. The molecule has 0 unspecified atom stereocenters. The van der Waals surface area contributed by atoms with Gasteiger partial charge >= 0.3 is 0 Å². The Balaban J connectivity index is 2.63. The summed E-state index contributed by atoms with van der Waals surface area (Å²) in [5.74, 6) is 1.11. The maximum Gasteiger partial charge on any atom is 0.133 e. The van der Waals surface area contributed by atoms with Gasteiger partial charge in [0, 0.05) is 12.8 Å². The van der Waals surface area contributed by atoms with Crippen molar-refractivity contribution in [2.75, 3.05) is 0 Å². The minimum Gasteiger partial charge on any atom is -0.300 e. The molecule has 0 bridgehead atoms. The van der Waals surface area contributed by atoms with Crippen LogP contribution in [-0.2, 0) is 4.79 Å². The fourth-order valence-corrected chi connectivity index (χ4v) is 1.54. The molecule has 1 heteroatoms. The predicted octanol–water partition coefficient (Wildman–Crippen LogP) is 2.40. The second-order valence-corrected chi connectivity index (χ2v) is 4.02. The molecule has 10 heavy (non-hydrogen) atoms. The molecule has 0 heterocycles. The molecule has 0 N–H and O–H groups in total. The highest BCUT2D eigenvalue weighted by atomic mass is 16.1. The van der Waals surface area contributed by atoms with Gasteiger partial charge in [-0.3, -0.25) is 4.79 Å². The molecule has 0 saturated heterocycles. The van der Waals surface area contributed by atoms with Crippen LogP contribution in [0.15, 0.2) is 0 Å². The SMILES string of the molecule is CC(C)[C@@]1(C)CCC(=O)C1. The fraction of sp³-hybridized carbons (Fsp3) is 0.889. The Kier molecular flexibility index (Phi) is 1.84. The Morgan fingerprint density at radius 2 is 2.10 bits per heavy atom. The van der Waals surface area contributed by atoms with Crippen molar-refractivity contribution in [2.45, 2.75) is 40.0 Å². The van der Waals surface area contributed by atoms with Crippen molar-refractivity contribution < 1.29 is 4.79 Å². The number of hydrogen-bond donors (Lipinski definition) is 0. The van der Waals surface area contributed by atoms with Gasteiger partial charge in [-0.1, -0.05) is 20.8 Å². The Morgan fingerprint density at radius 1 is 1.50 bits per heavy atom. The van der Waals surface area contributed by atoms with Crippen molar-refractivity contribution in [2.24, 2.45) is 11.3 Å². The van der Waals surface area contributed by atoms with Crippen LogP contribution in [0.2, 0.25) is 0 Å². The number of carbonyl (C=O) groups is 1. The molecule has 1 nitrogen and oxygen atoms in total. The topological polar surface area (TPSA) is 17.1 Å². The van der Waals surface area contributed by atoms with Gasteiger partial charge in [0.25, 0.3) is 0 Å². The number of carbonyl (C=O) groups excluding carboxylic acids is 1. The molecule has 1 aliphatic carbocycles. The normalized spacial score (nSPS) is 33.8. The van der Waals surface area contributed by atoms with Gasteiger partial charge in [0.05, 0.1) is 0 Å². The summed E-state index contributed by atoms with van der Waals surface area (Å²) in [5, 5.41) is 0. The monoisotopic (exact) mass is 140 g/mol. The van der Waals surface area contributed by atoms with Gasteiger partial charge in [-0.15, -0.1) is 0 Å². The van der Waals surface area contributed by atoms with E-state index in [-0.39, 0.29) is 0 Å². The Morgan fingerprint density at radius 3 is 2.30 bits per heavy atom. The summed E-state index contributed by atoms with van der Waals surface area (Å²) in [6.07, 6.45) is 2.73. The third kappa shape index (κ3) is 1.23. The Labute approximate surface area is 62.8 Å². The first kappa shape index (κ1) is 7.77. The quantitative estimate of drug-likeness (QED) is 0.546. The lowest BCUT2D eigenvalue weighted by molar-refractivity contribution is -0.118. The van der Waals surface area contributed by atoms with Crippen molar-refractivity contribution >= 4 is 5.78 Å². The third-order valence-corrected chi connectivity index (χ3v) is 2.97. The van der Waals surface area contributed by atoms with E-state index in [9.17, 15) is 4.79 Å². The predicted molar refractivity (Wildman–Crippen MR) is 41.8 cm³/mol. The molecule has 1 atom stereocenters. The molecule has 0 aromatic rings. The summed E-state index contributed by atoms with van der Waals surface area (Å²) in [6, 6.07) is 0. The lowest BCUT2D eigenvalue weighted by Gasteiger charge is -2.26. The van der Waals surface area contributed by atoms with E-state index in [2.05, 4.69) is 20.8 Å². The van der Waals surface area contributed by atoms with E-state index in [0.29, 0.717) is 17.1 Å². The van der Waals surface area contributed by atoms with Crippen LogP contribution in [0.3, 0.4) is 0 Å². The van der Waals surface area contributed by atoms with Gasteiger partial charge in [-0.2, -0.15) is 0 Å². The molecule has 1 aliphatic rings. The molecular formula is C9H16O. The minimum atomic E-state index is 0.317. The van der Waals surface area contributed by atoms with Crippen LogP contribution in [0.5, 0.6) is 0 Å². The van der Waals surface area contributed by atoms with Crippen LogP contribution >= 0.6 is 0 Å². The zero-order valence-corrected chi connectivity index (χ0v) is 7.11. The lowest BCUT2D eigenvalue weighted by atomic mass is 9.78. The zero-order chi connectivity index (χ0) is 7.78. The molecule has 1 rings (SSSR count). The van der Waals surface area contributed by atoms with E-state index >= 15 is 0 Å². The standard InChI is InChI=1S/C9H16O/c1-7(2)9(3)5-4-8(10)6-9/h7H,4-6H2,1-3H3/t9-/m0/s1. The van der Waals surface area contributed by atoms with Gasteiger partial charge in [-0.05, 0) is 17.8 Å². The van der Waals surface area contributed by atoms with Gasteiger partial charge in [0.15, 0.2) is 0 Å². The number of hydrogen-bond acceptors (Lipinski definition) is 1. The summed E-state index contributed by atoms with van der Waals surface area (Å²) >= 11 is 0. The molecule has 0 amide bonds. The van der Waals surface area contributed by atoms with E-state index < -0.39 is 0 Å². The highest BCUT2D eigenvalue weighted by Gasteiger charge is 2.36. The molecule has 1 saturated carbocycles. The van der Waals surface area contributed by atoms with Crippen LogP contribution in [0.4, 0.5) is 0 Å². The molecule has 0 radical (unpaired) electrons. The second kappa shape index (κ2) is 2.37. The molecule has 0 spiro atoms. The van der Waals surface area contributed by atoms with Crippen molar-refractivity contribution in [1.29, 1.82) is 0 Å². The molecule has 58 valence electrons. The highest BCUT2D eigenvalue weighted by Crippen LogP contribution is 2.41. The lowest BCUT2D eigenvalue weighted by Crippen LogP contribution is -2.19. The summed E-state index contributed by atoms with van der Waals surface area (Å²) in [7, 11) is 0. The summed E-state index contributed by atoms with van der Waals surface area (Å²) in [6.45, 7) is 6.64. The molecule has 1 fully saturated rings. The van der Waals surface area contributed by atoms with Crippen molar-refractivity contribution in [3.63, 3.8) is 0 Å². The highest BCUT2D eigenvalue weighted by molar-refractivity contribution is 5.81. The average molecular weight is 140 g/mol. The van der Waals surface area contributed by atoms with Crippen LogP contribution in [0.25, 0.3) is 0 Å². The molecule has 0 aromatic heterocycles. The largest absolute Gasteiger partial charge is 0.300 e. The van der Waals surface area contributed by atoms with Crippen molar-refractivity contribution in [3.8, 4) is 0 Å². The molecule has 0 aromatic carbocycles.